The molecular weight excluding hydrogens is 687 g/mol. The van der Waals surface area contributed by atoms with Gasteiger partial charge in [-0.2, -0.15) is 13.2 Å². The van der Waals surface area contributed by atoms with Gasteiger partial charge >= 0.3 is 6.18 Å². The average Bonchev–Trinajstić information content (AvgIpc) is 3.14. The molecule has 0 unspecified atom stereocenters. The Balaban J connectivity index is 0.00000161. The second kappa shape index (κ2) is 11.9. The van der Waals surface area contributed by atoms with Gasteiger partial charge in [0.1, 0.15) is 11.3 Å². The van der Waals surface area contributed by atoms with Crippen LogP contribution in [0.1, 0.15) is 35.3 Å². The molecule has 6 rings (SSSR count). The molecule has 5 aromatic rings. The Morgan fingerprint density at radius 1 is 0.786 bits per heavy atom. The molecule has 217 valence electrons. The van der Waals surface area contributed by atoms with Gasteiger partial charge in [0.05, 0.1) is 5.52 Å². The minimum Gasteiger partial charge on any atom is -0.506 e. The summed E-state index contributed by atoms with van der Waals surface area (Å²) in [6.07, 6.45) is -5.34. The molecule has 4 aromatic carbocycles. The minimum absolute atomic E-state index is 0. The zero-order chi connectivity index (χ0) is 27.7. The average molecular weight is 714 g/mol. The maximum absolute atomic E-state index is 13.6. The van der Waals surface area contributed by atoms with Crippen LogP contribution in [0.4, 0.5) is 13.2 Å². The zero-order valence-electron chi connectivity index (χ0n) is 22.4. The normalized spacial score (nSPS) is 12.8. The van der Waals surface area contributed by atoms with Gasteiger partial charge in [0.15, 0.2) is 0 Å². The predicted octanol–water partition coefficient (Wildman–Crippen LogP) is 5.77. The van der Waals surface area contributed by atoms with Crippen molar-refractivity contribution in [3.05, 3.63) is 118 Å². The number of carbonyl (C=O) groups excluding carboxylic acids is 1. The Hall–Kier alpha value is -3.15. The van der Waals surface area contributed by atoms with E-state index in [9.17, 15) is 27.9 Å². The number of hydrogen-bond acceptors (Lipinski definition) is 3. The van der Waals surface area contributed by atoms with Crippen LogP contribution in [0, 0.1) is 49.4 Å². The number of hydrogen-bond donors (Lipinski definition) is 1. The van der Waals surface area contributed by atoms with Crippen molar-refractivity contribution >= 4 is 16.7 Å². The van der Waals surface area contributed by atoms with Crippen LogP contribution in [0.25, 0.3) is 38.8 Å². The fourth-order valence-electron chi connectivity index (χ4n) is 5.60. The Morgan fingerprint density at radius 2 is 1.36 bits per heavy atom. The fourth-order valence-corrected chi connectivity index (χ4v) is 5.60. The number of benzene rings is 4. The number of aromatic hydroxyl groups is 1. The summed E-state index contributed by atoms with van der Waals surface area (Å²) < 4.78 is 41.8. The number of halogens is 3. The van der Waals surface area contributed by atoms with Gasteiger partial charge in [-0.15, -0.1) is 0 Å². The van der Waals surface area contributed by atoms with Crippen molar-refractivity contribution in [1.29, 1.82) is 0 Å². The van der Waals surface area contributed by atoms with Gasteiger partial charge in [-0.1, -0.05) is 80.6 Å². The number of ketones is 1. The van der Waals surface area contributed by atoms with E-state index in [1.165, 1.54) is 0 Å². The second-order valence-corrected chi connectivity index (χ2v) is 10.2. The minimum atomic E-state index is -5.34. The van der Waals surface area contributed by atoms with Crippen molar-refractivity contribution in [2.24, 2.45) is 0 Å². The molecule has 0 bridgehead atoms. The molecule has 1 heterocycles. The number of nitrogens with zero attached hydrogens (tertiary/aromatic N) is 1. The Morgan fingerprint density at radius 3 is 1.98 bits per heavy atom. The van der Waals surface area contributed by atoms with Crippen molar-refractivity contribution in [2.45, 2.75) is 25.4 Å². The van der Waals surface area contributed by atoms with E-state index in [4.69, 9.17) is 0 Å². The SMILES string of the molecule is CC1(C)c2ccccc2-c2cc3c(O)c(C(=O)C(F)(F)F)c(=O)n(-c4ccc(-c5ccccc5)cc4)c3cc21.O.O.[Eu]. The maximum atomic E-state index is 13.6. The molecule has 1 aromatic heterocycles. The molecule has 42 heavy (non-hydrogen) atoms. The number of fused-ring (bicyclic) bond motifs is 4. The van der Waals surface area contributed by atoms with Gasteiger partial charge in [-0.25, -0.2) is 0 Å². The third-order valence-corrected chi connectivity index (χ3v) is 7.57. The standard InChI is InChI=1S/C32H22F3NO3.Eu.2H2O/c1-31(2)24-11-7-6-10-21(24)22-16-23-26(17-25(22)31)36(30(39)27(28(23)37)29(38)32(33,34)35)20-14-12-19(13-15-20)18-8-4-3-5-9-18;;;/h3-17,37H,1-2H3;;2*1H2. The van der Waals surface area contributed by atoms with Crippen LogP contribution in [0.2, 0.25) is 0 Å². The molecule has 0 spiro atoms. The molecule has 1 radical (unpaired) electrons. The molecule has 0 atom stereocenters. The molecule has 0 saturated carbocycles. The summed E-state index contributed by atoms with van der Waals surface area (Å²) in [7, 11) is 0. The third kappa shape index (κ3) is 5.16. The Kier molecular flexibility index (Phi) is 9.42. The molecule has 5 N–H and O–H groups in total. The van der Waals surface area contributed by atoms with Crippen molar-refractivity contribution < 1.29 is 83.4 Å². The van der Waals surface area contributed by atoms with Crippen LogP contribution in [-0.2, 0) is 5.41 Å². The van der Waals surface area contributed by atoms with Crippen LogP contribution in [-0.4, -0.2) is 32.6 Å². The summed E-state index contributed by atoms with van der Waals surface area (Å²) >= 11 is 0. The van der Waals surface area contributed by atoms with E-state index in [2.05, 4.69) is 0 Å². The van der Waals surface area contributed by atoms with Crippen LogP contribution >= 0.6 is 0 Å². The first-order chi connectivity index (χ1) is 18.5. The van der Waals surface area contributed by atoms with Crippen LogP contribution in [0.15, 0.2) is 95.8 Å². The Bertz CT molecular complexity index is 1870. The summed E-state index contributed by atoms with van der Waals surface area (Å²) in [6, 6.07) is 27.2. The topological polar surface area (TPSA) is 122 Å². The number of alkyl halides is 3. The quantitative estimate of drug-likeness (QED) is 0.239. The van der Waals surface area contributed by atoms with E-state index in [1.54, 1.807) is 36.4 Å². The van der Waals surface area contributed by atoms with E-state index in [0.717, 1.165) is 37.9 Å². The first-order valence-electron chi connectivity index (χ1n) is 12.3. The van der Waals surface area contributed by atoms with Gasteiger partial charge in [-0.05, 0) is 57.6 Å². The molecule has 0 aliphatic heterocycles. The van der Waals surface area contributed by atoms with Crippen LogP contribution in [0.3, 0.4) is 0 Å². The molecule has 6 nitrogen and oxygen atoms in total. The smallest absolute Gasteiger partial charge is 0.455 e. The van der Waals surface area contributed by atoms with Crippen molar-refractivity contribution in [3.63, 3.8) is 0 Å². The van der Waals surface area contributed by atoms with Crippen molar-refractivity contribution in [1.82, 2.24) is 4.57 Å². The summed E-state index contributed by atoms with van der Waals surface area (Å²) in [5, 5.41) is 11.0. The van der Waals surface area contributed by atoms with Crippen LogP contribution < -0.4 is 5.56 Å². The van der Waals surface area contributed by atoms with Gasteiger partial charge in [0, 0.05) is 65.9 Å². The largest absolute Gasteiger partial charge is 0.506 e. The first-order valence-corrected chi connectivity index (χ1v) is 12.3. The zero-order valence-corrected chi connectivity index (χ0v) is 24.8. The number of Topliss-reactive ketones (excluding diaryl/α,β-unsaturated/α-hetero) is 1. The van der Waals surface area contributed by atoms with Crippen molar-refractivity contribution in [2.75, 3.05) is 0 Å². The summed E-state index contributed by atoms with van der Waals surface area (Å²) in [6.45, 7) is 4.06. The van der Waals surface area contributed by atoms with E-state index < -0.39 is 34.2 Å². The molecule has 0 amide bonds. The summed E-state index contributed by atoms with van der Waals surface area (Å²) in [5.41, 5.74) is 2.75. The van der Waals surface area contributed by atoms with Crippen molar-refractivity contribution in [3.8, 4) is 33.7 Å². The van der Waals surface area contributed by atoms with Gasteiger partial charge < -0.3 is 16.1 Å². The maximum Gasteiger partial charge on any atom is 0.455 e. The summed E-state index contributed by atoms with van der Waals surface area (Å²) in [4.78, 5) is 26.0. The molecule has 1 aliphatic carbocycles. The van der Waals surface area contributed by atoms with Gasteiger partial charge in [0.25, 0.3) is 11.3 Å². The van der Waals surface area contributed by atoms with E-state index >= 15 is 0 Å². The molecule has 10 heteroatoms. The van der Waals surface area contributed by atoms with Gasteiger partial charge in [0.2, 0.25) is 0 Å². The van der Waals surface area contributed by atoms with Crippen LogP contribution in [0.5, 0.6) is 5.75 Å². The predicted molar refractivity (Wildman–Crippen MR) is 152 cm³/mol. The van der Waals surface area contributed by atoms with E-state index in [-0.39, 0.29) is 76.9 Å². The number of rotatable bonds is 3. The molecule has 1 aliphatic rings. The molecular formula is C32H26EuF3NO5. The number of carbonyl (C=O) groups is 1. The molecule has 0 saturated heterocycles. The second-order valence-electron chi connectivity index (χ2n) is 10.2. The summed E-state index contributed by atoms with van der Waals surface area (Å²) in [5.74, 6) is -3.36. The van der Waals surface area contributed by atoms with Gasteiger partial charge in [-0.3, -0.25) is 14.2 Å². The van der Waals surface area contributed by atoms with E-state index in [1.807, 2.05) is 68.4 Å². The monoisotopic (exact) mass is 714 g/mol. The fraction of sp³-hybridized carbons (Fsp3) is 0.125. The van der Waals surface area contributed by atoms with E-state index in [0.29, 0.717) is 0 Å². The molecule has 0 fully saturated rings. The number of pyridine rings is 1. The Labute approximate surface area is 279 Å². The number of aromatic nitrogens is 1. The third-order valence-electron chi connectivity index (χ3n) is 7.57. The first kappa shape index (κ1) is 33.4.